The molecule has 126 valence electrons. The van der Waals surface area contributed by atoms with Gasteiger partial charge in [0.25, 0.3) is 0 Å². The highest BCUT2D eigenvalue weighted by Gasteiger charge is 2.36. The fraction of sp³-hybridized carbons (Fsp3) is 0.579. The molecule has 0 radical (unpaired) electrons. The van der Waals surface area contributed by atoms with Crippen molar-refractivity contribution in [1.82, 2.24) is 0 Å². The summed E-state index contributed by atoms with van der Waals surface area (Å²) in [6, 6.07) is 7.27. The van der Waals surface area contributed by atoms with Crippen molar-refractivity contribution in [3.05, 3.63) is 35.4 Å². The molecule has 0 unspecified atom stereocenters. The molecule has 0 heterocycles. The molecule has 1 saturated carbocycles. The minimum atomic E-state index is -0.491. The second-order valence-electron chi connectivity index (χ2n) is 6.57. The van der Waals surface area contributed by atoms with E-state index in [0.717, 1.165) is 37.7 Å². The zero-order valence-electron chi connectivity index (χ0n) is 14.3. The van der Waals surface area contributed by atoms with Gasteiger partial charge in [-0.1, -0.05) is 32.9 Å². The first kappa shape index (κ1) is 17.5. The summed E-state index contributed by atoms with van der Waals surface area (Å²) >= 11 is 0. The summed E-state index contributed by atoms with van der Waals surface area (Å²) in [5, 5.41) is 0. The quantitative estimate of drug-likeness (QED) is 0.736. The number of rotatable bonds is 6. The Hall–Kier alpha value is -1.84. The smallest absolute Gasteiger partial charge is 0.344 e. The maximum atomic E-state index is 12.0. The Morgan fingerprint density at radius 3 is 2.26 bits per heavy atom. The van der Waals surface area contributed by atoms with E-state index in [-0.39, 0.29) is 12.2 Å². The lowest BCUT2D eigenvalue weighted by molar-refractivity contribution is -0.163. The van der Waals surface area contributed by atoms with Crippen LogP contribution in [0.15, 0.2) is 24.3 Å². The monoisotopic (exact) mass is 318 g/mol. The molecule has 1 aliphatic rings. The van der Waals surface area contributed by atoms with Gasteiger partial charge in [0.1, 0.15) is 5.60 Å². The van der Waals surface area contributed by atoms with Crippen molar-refractivity contribution in [3.8, 4) is 0 Å². The molecule has 1 aliphatic carbocycles. The zero-order chi connectivity index (χ0) is 16.9. The van der Waals surface area contributed by atoms with Crippen molar-refractivity contribution in [3.63, 3.8) is 0 Å². The second kappa shape index (κ2) is 7.62. The Morgan fingerprint density at radius 1 is 1.13 bits per heavy atom. The molecule has 0 aliphatic heterocycles. The summed E-state index contributed by atoms with van der Waals surface area (Å²) in [5.74, 6) is -0.540. The maximum absolute atomic E-state index is 12.0. The lowest BCUT2D eigenvalue weighted by atomic mass is 9.99. The first-order valence-electron chi connectivity index (χ1n) is 8.45. The van der Waals surface area contributed by atoms with Crippen LogP contribution in [0.25, 0.3) is 0 Å². The SMILES string of the molecule is CCC1(OC(=O)COC(=O)c2ccc(C(C)C)cc2)CCCC1. The molecule has 1 aromatic carbocycles. The molecule has 0 amide bonds. The topological polar surface area (TPSA) is 52.6 Å². The maximum Gasteiger partial charge on any atom is 0.344 e. The van der Waals surface area contributed by atoms with Crippen LogP contribution in [0.4, 0.5) is 0 Å². The highest BCUT2D eigenvalue weighted by Crippen LogP contribution is 2.35. The first-order chi connectivity index (χ1) is 11.0. The molecule has 0 atom stereocenters. The fourth-order valence-corrected chi connectivity index (χ4v) is 3.03. The molecule has 0 spiro atoms. The highest BCUT2D eigenvalue weighted by molar-refractivity contribution is 5.90. The number of carbonyl (C=O) groups is 2. The van der Waals surface area contributed by atoms with Crippen LogP contribution in [0.2, 0.25) is 0 Å². The molecular formula is C19H26O4. The molecule has 2 rings (SSSR count). The van der Waals surface area contributed by atoms with E-state index in [1.54, 1.807) is 12.1 Å². The summed E-state index contributed by atoms with van der Waals surface area (Å²) in [6.07, 6.45) is 4.79. The van der Waals surface area contributed by atoms with Crippen molar-refractivity contribution in [2.24, 2.45) is 0 Å². The lowest BCUT2D eigenvalue weighted by Gasteiger charge is -2.27. The van der Waals surface area contributed by atoms with Gasteiger partial charge in [-0.05, 0) is 55.7 Å². The summed E-state index contributed by atoms with van der Waals surface area (Å²) in [5.41, 5.74) is 1.27. The van der Waals surface area contributed by atoms with Gasteiger partial charge >= 0.3 is 11.9 Å². The molecule has 0 saturated heterocycles. The number of hydrogen-bond donors (Lipinski definition) is 0. The third-order valence-corrected chi connectivity index (χ3v) is 4.62. The standard InChI is InChI=1S/C19H26O4/c1-4-19(11-5-6-12-19)23-17(20)13-22-18(21)16-9-7-15(8-10-16)14(2)3/h7-10,14H,4-6,11-13H2,1-3H3. The number of ether oxygens (including phenoxy) is 2. The minimum Gasteiger partial charge on any atom is -0.457 e. The Balaban J connectivity index is 1.85. The Kier molecular flexibility index (Phi) is 5.80. The Morgan fingerprint density at radius 2 is 1.74 bits per heavy atom. The van der Waals surface area contributed by atoms with Gasteiger partial charge in [-0.3, -0.25) is 0 Å². The van der Waals surface area contributed by atoms with E-state index in [1.165, 1.54) is 0 Å². The van der Waals surface area contributed by atoms with Gasteiger partial charge < -0.3 is 9.47 Å². The molecule has 23 heavy (non-hydrogen) atoms. The average molecular weight is 318 g/mol. The van der Waals surface area contributed by atoms with E-state index in [0.29, 0.717) is 11.5 Å². The van der Waals surface area contributed by atoms with E-state index >= 15 is 0 Å². The molecular weight excluding hydrogens is 292 g/mol. The van der Waals surface area contributed by atoms with Gasteiger partial charge in [-0.25, -0.2) is 9.59 Å². The van der Waals surface area contributed by atoms with Crippen LogP contribution in [-0.4, -0.2) is 24.1 Å². The molecule has 1 fully saturated rings. The van der Waals surface area contributed by atoms with Crippen molar-refractivity contribution in [2.45, 2.75) is 64.4 Å². The summed E-state index contributed by atoms with van der Waals surface area (Å²) in [7, 11) is 0. The Labute approximate surface area is 138 Å². The van der Waals surface area contributed by atoms with Gasteiger partial charge in [-0.15, -0.1) is 0 Å². The van der Waals surface area contributed by atoms with Crippen molar-refractivity contribution in [2.75, 3.05) is 6.61 Å². The van der Waals surface area contributed by atoms with E-state index in [2.05, 4.69) is 13.8 Å². The fourth-order valence-electron chi connectivity index (χ4n) is 3.03. The predicted octanol–water partition coefficient (Wildman–Crippen LogP) is 4.23. The third kappa shape index (κ3) is 4.57. The van der Waals surface area contributed by atoms with Crippen LogP contribution in [0.1, 0.15) is 74.7 Å². The zero-order valence-corrected chi connectivity index (χ0v) is 14.3. The molecule has 4 nitrogen and oxygen atoms in total. The molecule has 4 heteroatoms. The number of esters is 2. The van der Waals surface area contributed by atoms with Crippen LogP contribution in [0, 0.1) is 0 Å². The van der Waals surface area contributed by atoms with Crippen LogP contribution < -0.4 is 0 Å². The van der Waals surface area contributed by atoms with Crippen molar-refractivity contribution < 1.29 is 19.1 Å². The van der Waals surface area contributed by atoms with E-state index in [1.807, 2.05) is 19.1 Å². The van der Waals surface area contributed by atoms with Crippen molar-refractivity contribution in [1.29, 1.82) is 0 Å². The normalized spacial score (nSPS) is 16.3. The van der Waals surface area contributed by atoms with Gasteiger partial charge in [-0.2, -0.15) is 0 Å². The highest BCUT2D eigenvalue weighted by atomic mass is 16.6. The van der Waals surface area contributed by atoms with E-state index < -0.39 is 11.9 Å². The first-order valence-corrected chi connectivity index (χ1v) is 8.45. The van der Waals surface area contributed by atoms with Crippen LogP contribution in [0.3, 0.4) is 0 Å². The van der Waals surface area contributed by atoms with Crippen LogP contribution in [-0.2, 0) is 14.3 Å². The largest absolute Gasteiger partial charge is 0.457 e. The van der Waals surface area contributed by atoms with Crippen LogP contribution >= 0.6 is 0 Å². The summed E-state index contributed by atoms with van der Waals surface area (Å²) < 4.78 is 10.6. The molecule has 0 N–H and O–H groups in total. The van der Waals surface area contributed by atoms with Gasteiger partial charge in [0.2, 0.25) is 0 Å². The van der Waals surface area contributed by atoms with Gasteiger partial charge in [0.15, 0.2) is 6.61 Å². The third-order valence-electron chi connectivity index (χ3n) is 4.62. The average Bonchev–Trinajstić information content (AvgIpc) is 3.01. The van der Waals surface area contributed by atoms with Gasteiger partial charge in [0, 0.05) is 0 Å². The number of benzene rings is 1. The second-order valence-corrected chi connectivity index (χ2v) is 6.57. The van der Waals surface area contributed by atoms with Gasteiger partial charge in [0.05, 0.1) is 5.56 Å². The van der Waals surface area contributed by atoms with E-state index in [9.17, 15) is 9.59 Å². The minimum absolute atomic E-state index is 0.327. The number of hydrogen-bond acceptors (Lipinski definition) is 4. The van der Waals surface area contributed by atoms with Crippen LogP contribution in [0.5, 0.6) is 0 Å². The summed E-state index contributed by atoms with van der Waals surface area (Å²) in [4.78, 5) is 23.9. The predicted molar refractivity (Wildman–Crippen MR) is 88.4 cm³/mol. The Bertz CT molecular complexity index is 539. The summed E-state index contributed by atoms with van der Waals surface area (Å²) in [6.45, 7) is 5.89. The van der Waals surface area contributed by atoms with E-state index in [4.69, 9.17) is 9.47 Å². The van der Waals surface area contributed by atoms with Crippen molar-refractivity contribution >= 4 is 11.9 Å². The molecule has 0 aromatic heterocycles. The number of carbonyl (C=O) groups excluding carboxylic acids is 2. The lowest BCUT2D eigenvalue weighted by Crippen LogP contribution is -2.33. The molecule has 1 aromatic rings. The molecule has 0 bridgehead atoms.